The maximum Gasteiger partial charge on any atom is 0.335 e. The largest absolute Gasteiger partial charge is 0.478 e. The highest BCUT2D eigenvalue weighted by atomic mass is 16.4. The van der Waals surface area contributed by atoms with Crippen molar-refractivity contribution in [1.82, 2.24) is 18.9 Å². The minimum Gasteiger partial charge on any atom is -0.478 e. The summed E-state index contributed by atoms with van der Waals surface area (Å²) >= 11 is 0. The first-order chi connectivity index (χ1) is 19.9. The number of aryl methyl sites for hydroxylation is 2. The molecule has 1 N–H and O–H groups in total. The van der Waals surface area contributed by atoms with Gasteiger partial charge < -0.3 is 19.1 Å². The van der Waals surface area contributed by atoms with Gasteiger partial charge >= 0.3 is 5.97 Å². The van der Waals surface area contributed by atoms with Crippen molar-refractivity contribution in [2.24, 2.45) is 0 Å². The molecule has 3 aliphatic rings. The van der Waals surface area contributed by atoms with Crippen LogP contribution in [-0.2, 0) is 19.6 Å². The second kappa shape index (κ2) is 10.4. The molecule has 41 heavy (non-hydrogen) atoms. The maximum absolute atomic E-state index is 13.8. The van der Waals surface area contributed by atoms with E-state index in [0.717, 1.165) is 74.3 Å². The standard InChI is InChI=1S/C34H40N4O3/c1-35(2)33(39)32-27(21-36-16-6-7-17-36)24-12-8-13-26-30(24)38(32)19-9-18-37-28-20-23(34(40)41)14-15-25(28)29(31(26)37)22-10-4-3-5-11-22/h8,12-15,20,22H,3-7,9-11,16-19,21H2,1-2H3,(H,40,41). The minimum atomic E-state index is -0.887. The number of fused-ring (bicyclic) bond motifs is 4. The van der Waals surface area contributed by atoms with Crippen molar-refractivity contribution in [2.75, 3.05) is 27.2 Å². The fraction of sp³-hybridized carbons (Fsp3) is 0.471. The number of benzene rings is 2. The summed E-state index contributed by atoms with van der Waals surface area (Å²) in [7, 11) is 3.71. The molecule has 4 aromatic rings. The SMILES string of the molecule is CN(C)C(=O)c1c(CN2CCCC2)c2cccc3c2n1CCCn1c-3c(C2CCCCC2)c2ccc(C(=O)O)cc21. The number of carboxylic acids is 1. The van der Waals surface area contributed by atoms with Gasteiger partial charge in [0, 0.05) is 61.1 Å². The van der Waals surface area contributed by atoms with E-state index in [0.29, 0.717) is 11.5 Å². The first-order valence-corrected chi connectivity index (χ1v) is 15.4. The molecule has 7 rings (SSSR count). The van der Waals surface area contributed by atoms with Crippen LogP contribution in [0.3, 0.4) is 0 Å². The van der Waals surface area contributed by atoms with Crippen LogP contribution in [0.25, 0.3) is 33.1 Å². The van der Waals surface area contributed by atoms with E-state index in [1.165, 1.54) is 59.7 Å². The molecule has 0 radical (unpaired) electrons. The Balaban J connectivity index is 1.55. The van der Waals surface area contributed by atoms with Crippen LogP contribution < -0.4 is 0 Å². The van der Waals surface area contributed by atoms with Crippen LogP contribution in [0.5, 0.6) is 0 Å². The predicted molar refractivity (Wildman–Crippen MR) is 163 cm³/mol. The van der Waals surface area contributed by atoms with Crippen LogP contribution in [0, 0.1) is 0 Å². The Morgan fingerprint density at radius 2 is 1.63 bits per heavy atom. The van der Waals surface area contributed by atoms with Gasteiger partial charge in [0.05, 0.1) is 16.8 Å². The van der Waals surface area contributed by atoms with Gasteiger partial charge in [-0.3, -0.25) is 9.69 Å². The lowest BCUT2D eigenvalue weighted by Crippen LogP contribution is -2.28. The third kappa shape index (κ3) is 4.28. The Bertz CT molecular complexity index is 1660. The fourth-order valence-corrected chi connectivity index (χ4v) is 7.90. The van der Waals surface area contributed by atoms with E-state index in [9.17, 15) is 14.7 Å². The lowest BCUT2D eigenvalue weighted by atomic mass is 9.81. The van der Waals surface area contributed by atoms with Gasteiger partial charge in [0.15, 0.2) is 0 Å². The number of carbonyl (C=O) groups excluding carboxylic acids is 1. The van der Waals surface area contributed by atoms with Crippen molar-refractivity contribution in [2.45, 2.75) is 76.9 Å². The molecule has 2 fully saturated rings. The Morgan fingerprint density at radius 1 is 0.878 bits per heavy atom. The van der Waals surface area contributed by atoms with Crippen LogP contribution in [0.4, 0.5) is 0 Å². The van der Waals surface area contributed by atoms with Gasteiger partial charge in [0.1, 0.15) is 5.69 Å². The lowest BCUT2D eigenvalue weighted by Gasteiger charge is -2.25. The van der Waals surface area contributed by atoms with E-state index in [1.807, 2.05) is 20.2 Å². The number of carboxylic acid groups (broad SMARTS) is 1. The normalized spacial score (nSPS) is 18.0. The van der Waals surface area contributed by atoms with Crippen LogP contribution in [0.15, 0.2) is 36.4 Å². The van der Waals surface area contributed by atoms with Crippen LogP contribution in [0.2, 0.25) is 0 Å². The summed E-state index contributed by atoms with van der Waals surface area (Å²) in [6, 6.07) is 12.3. The molecule has 0 bridgehead atoms. The maximum atomic E-state index is 13.8. The molecule has 2 aromatic heterocycles. The van der Waals surface area contributed by atoms with Crippen LogP contribution in [-0.4, -0.2) is 63.1 Å². The third-order valence-electron chi connectivity index (χ3n) is 9.76. The Hall–Kier alpha value is -3.58. The minimum absolute atomic E-state index is 0.0704. The zero-order valence-electron chi connectivity index (χ0n) is 24.3. The molecule has 7 nitrogen and oxygen atoms in total. The van der Waals surface area contributed by atoms with E-state index in [1.54, 1.807) is 11.0 Å². The number of carbonyl (C=O) groups is 2. The average molecular weight is 553 g/mol. The molecule has 1 amide bonds. The summed E-state index contributed by atoms with van der Waals surface area (Å²) < 4.78 is 4.73. The summed E-state index contributed by atoms with van der Waals surface area (Å²) in [4.78, 5) is 30.1. The van der Waals surface area contributed by atoms with E-state index >= 15 is 0 Å². The molecule has 2 aliphatic heterocycles. The third-order valence-corrected chi connectivity index (χ3v) is 9.76. The number of hydrogen-bond donors (Lipinski definition) is 1. The van der Waals surface area contributed by atoms with Gasteiger partial charge in [-0.1, -0.05) is 43.5 Å². The van der Waals surface area contributed by atoms with E-state index in [-0.39, 0.29) is 5.91 Å². The number of para-hydroxylation sites is 1. The molecule has 4 heterocycles. The summed E-state index contributed by atoms with van der Waals surface area (Å²) in [5, 5.41) is 12.2. The van der Waals surface area contributed by atoms with E-state index < -0.39 is 5.97 Å². The zero-order valence-corrected chi connectivity index (χ0v) is 24.3. The molecule has 7 heteroatoms. The Labute approximate surface area is 241 Å². The number of amides is 1. The molecule has 2 aromatic carbocycles. The van der Waals surface area contributed by atoms with Crippen molar-refractivity contribution < 1.29 is 14.7 Å². The first kappa shape index (κ1) is 26.3. The van der Waals surface area contributed by atoms with Crippen molar-refractivity contribution >= 4 is 33.7 Å². The molecule has 1 aliphatic carbocycles. The zero-order chi connectivity index (χ0) is 28.2. The topological polar surface area (TPSA) is 70.7 Å². The second-order valence-electron chi connectivity index (χ2n) is 12.5. The van der Waals surface area contributed by atoms with Gasteiger partial charge in [-0.15, -0.1) is 0 Å². The molecule has 1 saturated heterocycles. The molecule has 0 atom stereocenters. The average Bonchev–Trinajstić information content (AvgIpc) is 3.67. The highest BCUT2D eigenvalue weighted by Crippen LogP contribution is 2.47. The van der Waals surface area contributed by atoms with Gasteiger partial charge in [0.25, 0.3) is 5.91 Å². The number of hydrogen-bond acceptors (Lipinski definition) is 3. The fourth-order valence-electron chi connectivity index (χ4n) is 7.90. The van der Waals surface area contributed by atoms with Gasteiger partial charge in [0.2, 0.25) is 0 Å². The molecular weight excluding hydrogens is 512 g/mol. The van der Waals surface area contributed by atoms with Gasteiger partial charge in [-0.05, 0) is 68.8 Å². The van der Waals surface area contributed by atoms with Crippen molar-refractivity contribution in [3.8, 4) is 11.3 Å². The quantitative estimate of drug-likeness (QED) is 0.299. The monoisotopic (exact) mass is 552 g/mol. The van der Waals surface area contributed by atoms with Crippen LogP contribution in [0.1, 0.15) is 89.3 Å². The molecular formula is C34H40N4O3. The Morgan fingerprint density at radius 3 is 2.37 bits per heavy atom. The molecule has 0 spiro atoms. The summed E-state index contributed by atoms with van der Waals surface area (Å²) in [5.74, 6) is -0.369. The van der Waals surface area contributed by atoms with Crippen molar-refractivity contribution in [3.05, 3.63) is 58.8 Å². The molecule has 1 saturated carbocycles. The van der Waals surface area contributed by atoms with E-state index in [4.69, 9.17) is 0 Å². The number of nitrogens with zero attached hydrogens (tertiary/aromatic N) is 4. The van der Waals surface area contributed by atoms with Crippen molar-refractivity contribution in [3.63, 3.8) is 0 Å². The van der Waals surface area contributed by atoms with Crippen LogP contribution >= 0.6 is 0 Å². The van der Waals surface area contributed by atoms with Gasteiger partial charge in [-0.25, -0.2) is 4.79 Å². The smallest absolute Gasteiger partial charge is 0.335 e. The highest BCUT2D eigenvalue weighted by Gasteiger charge is 2.32. The van der Waals surface area contributed by atoms with Gasteiger partial charge in [-0.2, -0.15) is 0 Å². The number of rotatable bonds is 5. The molecule has 214 valence electrons. The lowest BCUT2D eigenvalue weighted by molar-refractivity contribution is 0.0696. The van der Waals surface area contributed by atoms with Crippen molar-refractivity contribution in [1.29, 1.82) is 0 Å². The first-order valence-electron chi connectivity index (χ1n) is 15.4. The number of aromatic carboxylic acids is 1. The summed E-state index contributed by atoms with van der Waals surface area (Å²) in [6.07, 6.45) is 9.35. The molecule has 0 unspecified atom stereocenters. The summed E-state index contributed by atoms with van der Waals surface area (Å²) in [6.45, 7) is 4.48. The Kier molecular flexibility index (Phi) is 6.65. The second-order valence-corrected chi connectivity index (χ2v) is 12.5. The summed E-state index contributed by atoms with van der Waals surface area (Å²) in [5.41, 5.74) is 8.29. The predicted octanol–water partition coefficient (Wildman–Crippen LogP) is 6.71. The highest BCUT2D eigenvalue weighted by molar-refractivity contribution is 6.08. The number of aromatic nitrogens is 2. The number of likely N-dealkylation sites (tertiary alicyclic amines) is 1. The van der Waals surface area contributed by atoms with E-state index in [2.05, 4.69) is 38.3 Å².